The number of esters is 1. The summed E-state index contributed by atoms with van der Waals surface area (Å²) in [7, 11) is 0. The number of benzene rings is 2. The monoisotopic (exact) mass is 355 g/mol. The van der Waals surface area contributed by atoms with Crippen LogP contribution < -0.4 is 5.73 Å². The third-order valence-electron chi connectivity index (χ3n) is 4.13. The molecule has 0 fully saturated rings. The molecule has 0 heterocycles. The van der Waals surface area contributed by atoms with Gasteiger partial charge in [-0.1, -0.05) is 48.5 Å². The molecule has 2 aromatic rings. The molecule has 0 radical (unpaired) electrons. The molecule has 6 nitrogen and oxygen atoms in total. The summed E-state index contributed by atoms with van der Waals surface area (Å²) in [5, 5.41) is 8.87. The largest absolute Gasteiger partial charge is 0.480 e. The maximum Gasteiger partial charge on any atom is 0.324 e. The summed E-state index contributed by atoms with van der Waals surface area (Å²) in [6, 6.07) is 14.3. The SMILES string of the molecule is CC(OC(=O)[C@@H](C)c1cccc(C(=O)c2ccccc2)c1)C(N)C(=O)O. The van der Waals surface area contributed by atoms with Gasteiger partial charge in [0.1, 0.15) is 12.1 Å². The number of nitrogens with two attached hydrogens (primary N) is 1. The van der Waals surface area contributed by atoms with Gasteiger partial charge in [-0.2, -0.15) is 0 Å². The lowest BCUT2D eigenvalue weighted by Crippen LogP contribution is -2.43. The minimum absolute atomic E-state index is 0.144. The number of rotatable bonds is 7. The molecule has 2 aromatic carbocycles. The van der Waals surface area contributed by atoms with E-state index in [4.69, 9.17) is 15.6 Å². The van der Waals surface area contributed by atoms with Crippen LogP contribution in [0.15, 0.2) is 54.6 Å². The fourth-order valence-electron chi connectivity index (χ4n) is 2.40. The second-order valence-corrected chi connectivity index (χ2v) is 6.05. The normalized spacial score (nSPS) is 14.1. The van der Waals surface area contributed by atoms with Crippen molar-refractivity contribution in [1.82, 2.24) is 0 Å². The fraction of sp³-hybridized carbons (Fsp3) is 0.250. The number of ketones is 1. The highest BCUT2D eigenvalue weighted by Gasteiger charge is 2.26. The molecule has 3 N–H and O–H groups in total. The van der Waals surface area contributed by atoms with Gasteiger partial charge < -0.3 is 15.6 Å². The third-order valence-corrected chi connectivity index (χ3v) is 4.13. The second kappa shape index (κ2) is 8.40. The van der Waals surface area contributed by atoms with Gasteiger partial charge >= 0.3 is 11.9 Å². The molecule has 0 bridgehead atoms. The number of aliphatic carboxylic acids is 1. The van der Waals surface area contributed by atoms with Crippen LogP contribution in [0.25, 0.3) is 0 Å². The summed E-state index contributed by atoms with van der Waals surface area (Å²) >= 11 is 0. The van der Waals surface area contributed by atoms with Crippen molar-refractivity contribution in [3.8, 4) is 0 Å². The zero-order valence-electron chi connectivity index (χ0n) is 14.6. The number of carbonyl (C=O) groups excluding carboxylic acids is 2. The van der Waals surface area contributed by atoms with E-state index >= 15 is 0 Å². The average molecular weight is 355 g/mol. The van der Waals surface area contributed by atoms with Gasteiger partial charge in [-0.25, -0.2) is 0 Å². The minimum Gasteiger partial charge on any atom is -0.480 e. The molecular formula is C20H21NO5. The molecule has 0 saturated carbocycles. The standard InChI is InChI=1S/C20H21NO5/c1-12(20(25)26-13(2)17(21)19(23)24)15-9-6-10-16(11-15)18(22)14-7-4-3-5-8-14/h3-13,17H,21H2,1-2H3,(H,23,24)/t12-,13?,17?/m0/s1. The molecule has 0 saturated heterocycles. The van der Waals surface area contributed by atoms with Gasteiger partial charge in [0.15, 0.2) is 5.78 Å². The Morgan fingerprint density at radius 3 is 2.19 bits per heavy atom. The summed E-state index contributed by atoms with van der Waals surface area (Å²) in [5.74, 6) is -2.65. The van der Waals surface area contributed by atoms with E-state index in [0.29, 0.717) is 16.7 Å². The van der Waals surface area contributed by atoms with Crippen LogP contribution in [-0.4, -0.2) is 35.0 Å². The maximum absolute atomic E-state index is 12.5. The van der Waals surface area contributed by atoms with Crippen molar-refractivity contribution in [2.24, 2.45) is 5.73 Å². The van der Waals surface area contributed by atoms with Crippen LogP contribution in [0.2, 0.25) is 0 Å². The van der Waals surface area contributed by atoms with Crippen LogP contribution in [0, 0.1) is 0 Å². The Balaban J connectivity index is 2.15. The van der Waals surface area contributed by atoms with Crippen LogP contribution in [0.4, 0.5) is 0 Å². The Hall–Kier alpha value is -2.99. The first-order chi connectivity index (χ1) is 12.3. The highest BCUT2D eigenvalue weighted by atomic mass is 16.5. The van der Waals surface area contributed by atoms with E-state index in [9.17, 15) is 14.4 Å². The number of carbonyl (C=O) groups is 3. The zero-order valence-corrected chi connectivity index (χ0v) is 14.6. The third kappa shape index (κ3) is 4.55. The van der Waals surface area contributed by atoms with Gasteiger partial charge in [0.05, 0.1) is 5.92 Å². The van der Waals surface area contributed by atoms with Gasteiger partial charge in [0, 0.05) is 11.1 Å². The van der Waals surface area contributed by atoms with Crippen molar-refractivity contribution >= 4 is 17.7 Å². The number of hydrogen-bond donors (Lipinski definition) is 2. The predicted octanol–water partition coefficient (Wildman–Crippen LogP) is 2.36. The Morgan fingerprint density at radius 2 is 1.58 bits per heavy atom. The first-order valence-electron chi connectivity index (χ1n) is 8.20. The molecule has 2 rings (SSSR count). The number of carboxylic acid groups (broad SMARTS) is 1. The maximum atomic E-state index is 12.5. The average Bonchev–Trinajstić information content (AvgIpc) is 2.66. The molecule has 0 aliphatic rings. The molecule has 0 spiro atoms. The zero-order chi connectivity index (χ0) is 19.3. The van der Waals surface area contributed by atoms with Gasteiger partial charge in [-0.15, -0.1) is 0 Å². The first kappa shape index (κ1) is 19.3. The van der Waals surface area contributed by atoms with E-state index in [1.807, 2.05) is 6.07 Å². The lowest BCUT2D eigenvalue weighted by molar-refractivity contribution is -0.154. The Bertz CT molecular complexity index is 803. The van der Waals surface area contributed by atoms with Crippen LogP contribution in [0.3, 0.4) is 0 Å². The number of carboxylic acids is 1. The molecular weight excluding hydrogens is 334 g/mol. The van der Waals surface area contributed by atoms with E-state index in [2.05, 4.69) is 0 Å². The lowest BCUT2D eigenvalue weighted by Gasteiger charge is -2.20. The van der Waals surface area contributed by atoms with E-state index in [0.717, 1.165) is 0 Å². The van der Waals surface area contributed by atoms with Gasteiger partial charge in [-0.05, 0) is 25.5 Å². The summed E-state index contributed by atoms with van der Waals surface area (Å²) in [5.41, 5.74) is 7.08. The highest BCUT2D eigenvalue weighted by molar-refractivity contribution is 6.09. The Kier molecular flexibility index (Phi) is 6.25. The fourth-order valence-corrected chi connectivity index (χ4v) is 2.40. The minimum atomic E-state index is -1.29. The van der Waals surface area contributed by atoms with Gasteiger partial charge in [0.25, 0.3) is 0 Å². The van der Waals surface area contributed by atoms with E-state index in [-0.39, 0.29) is 5.78 Å². The molecule has 0 amide bonds. The molecule has 3 atom stereocenters. The van der Waals surface area contributed by atoms with Crippen molar-refractivity contribution in [3.05, 3.63) is 71.3 Å². The van der Waals surface area contributed by atoms with Gasteiger partial charge in [0.2, 0.25) is 0 Å². The topological polar surface area (TPSA) is 107 Å². The summed E-state index contributed by atoms with van der Waals surface area (Å²) in [6.07, 6.45) is -0.961. The van der Waals surface area contributed by atoms with Crippen molar-refractivity contribution < 1.29 is 24.2 Å². The summed E-state index contributed by atoms with van der Waals surface area (Å²) in [4.78, 5) is 35.7. The Morgan fingerprint density at radius 1 is 0.962 bits per heavy atom. The lowest BCUT2D eigenvalue weighted by atomic mass is 9.95. The highest BCUT2D eigenvalue weighted by Crippen LogP contribution is 2.21. The number of hydrogen-bond acceptors (Lipinski definition) is 5. The summed E-state index contributed by atoms with van der Waals surface area (Å²) < 4.78 is 5.14. The molecule has 0 aliphatic carbocycles. The number of ether oxygens (including phenoxy) is 1. The van der Waals surface area contributed by atoms with E-state index in [1.165, 1.54) is 6.92 Å². The molecule has 0 aromatic heterocycles. The van der Waals surface area contributed by atoms with E-state index in [1.54, 1.807) is 55.5 Å². The van der Waals surface area contributed by atoms with Gasteiger partial charge in [-0.3, -0.25) is 14.4 Å². The molecule has 136 valence electrons. The quantitative estimate of drug-likeness (QED) is 0.583. The molecule has 6 heteroatoms. The van der Waals surface area contributed by atoms with Crippen molar-refractivity contribution in [2.45, 2.75) is 31.9 Å². The second-order valence-electron chi connectivity index (χ2n) is 6.05. The van der Waals surface area contributed by atoms with Crippen LogP contribution in [0.5, 0.6) is 0 Å². The first-order valence-corrected chi connectivity index (χ1v) is 8.20. The molecule has 2 unspecified atom stereocenters. The smallest absolute Gasteiger partial charge is 0.324 e. The van der Waals surface area contributed by atoms with Crippen LogP contribution in [-0.2, 0) is 14.3 Å². The van der Waals surface area contributed by atoms with Crippen LogP contribution >= 0.6 is 0 Å². The molecule has 26 heavy (non-hydrogen) atoms. The summed E-state index contributed by atoms with van der Waals surface area (Å²) in [6.45, 7) is 3.06. The Labute approximate surface area is 151 Å². The van der Waals surface area contributed by atoms with Crippen molar-refractivity contribution in [2.75, 3.05) is 0 Å². The van der Waals surface area contributed by atoms with Crippen LogP contribution in [0.1, 0.15) is 41.3 Å². The van der Waals surface area contributed by atoms with Crippen molar-refractivity contribution in [1.29, 1.82) is 0 Å². The molecule has 0 aliphatic heterocycles. The van der Waals surface area contributed by atoms with E-state index < -0.39 is 30.0 Å². The predicted molar refractivity (Wildman–Crippen MR) is 95.9 cm³/mol. The van der Waals surface area contributed by atoms with Crippen molar-refractivity contribution in [3.63, 3.8) is 0 Å².